The zero-order chi connectivity index (χ0) is 13.4. The Kier molecular flexibility index (Phi) is 2.63. The Morgan fingerprint density at radius 3 is 2.53 bits per heavy atom. The van der Waals surface area contributed by atoms with E-state index in [1.165, 1.54) is 0 Å². The Hall–Kier alpha value is -2.49. The van der Waals surface area contributed by atoms with Gasteiger partial charge in [-0.2, -0.15) is 0 Å². The Morgan fingerprint density at radius 2 is 1.84 bits per heavy atom. The average molecular weight is 254 g/mol. The van der Waals surface area contributed by atoms with Crippen LogP contribution in [0.15, 0.2) is 45.5 Å². The van der Waals surface area contributed by atoms with E-state index < -0.39 is 0 Å². The minimum absolute atomic E-state index is 0.306. The molecular formula is C15H14N2O2. The molecule has 0 fully saturated rings. The molecule has 0 saturated carbocycles. The maximum absolute atomic E-state index is 5.93. The van der Waals surface area contributed by atoms with Gasteiger partial charge in [-0.05, 0) is 36.6 Å². The lowest BCUT2D eigenvalue weighted by atomic mass is 9.99. The topological polar surface area (TPSA) is 65.2 Å². The molecule has 2 aromatic heterocycles. The van der Waals surface area contributed by atoms with E-state index in [1.54, 1.807) is 6.26 Å². The highest BCUT2D eigenvalue weighted by Crippen LogP contribution is 2.38. The van der Waals surface area contributed by atoms with Crippen LogP contribution in [0.3, 0.4) is 0 Å². The average Bonchev–Trinajstić information content (AvgIpc) is 2.96. The van der Waals surface area contributed by atoms with Gasteiger partial charge in [-0.3, -0.25) is 0 Å². The van der Waals surface area contributed by atoms with Crippen LogP contribution in [0.2, 0.25) is 0 Å². The fourth-order valence-corrected chi connectivity index (χ4v) is 2.19. The Bertz CT molecular complexity index is 725. The smallest absolute Gasteiger partial charge is 0.230 e. The highest BCUT2D eigenvalue weighted by molar-refractivity contribution is 5.87. The number of benzene rings is 1. The van der Waals surface area contributed by atoms with Crippen molar-refractivity contribution in [3.05, 3.63) is 47.7 Å². The molecule has 3 aromatic rings. The van der Waals surface area contributed by atoms with Gasteiger partial charge >= 0.3 is 0 Å². The number of aryl methyl sites for hydroxylation is 2. The first-order valence-corrected chi connectivity index (χ1v) is 6.04. The molecule has 4 heteroatoms. The zero-order valence-corrected chi connectivity index (χ0v) is 10.8. The number of nitrogen functional groups attached to an aromatic ring is 1. The SMILES string of the molecule is Cc1ccccc1-c1c(-c2occc2C)noc1N. The van der Waals surface area contributed by atoms with E-state index in [9.17, 15) is 0 Å². The van der Waals surface area contributed by atoms with Gasteiger partial charge in [0.1, 0.15) is 0 Å². The summed E-state index contributed by atoms with van der Waals surface area (Å²) < 4.78 is 10.6. The minimum Gasteiger partial charge on any atom is -0.462 e. The molecule has 2 N–H and O–H groups in total. The van der Waals surface area contributed by atoms with Crippen molar-refractivity contribution in [2.75, 3.05) is 5.73 Å². The van der Waals surface area contributed by atoms with Crippen LogP contribution in [-0.4, -0.2) is 5.16 Å². The second-order valence-corrected chi connectivity index (χ2v) is 4.52. The van der Waals surface area contributed by atoms with Crippen molar-refractivity contribution in [3.8, 4) is 22.6 Å². The summed E-state index contributed by atoms with van der Waals surface area (Å²) in [5.41, 5.74) is 10.5. The first-order valence-electron chi connectivity index (χ1n) is 6.04. The van der Waals surface area contributed by atoms with Crippen LogP contribution in [0.25, 0.3) is 22.6 Å². The quantitative estimate of drug-likeness (QED) is 0.755. The van der Waals surface area contributed by atoms with Gasteiger partial charge in [0.25, 0.3) is 0 Å². The van der Waals surface area contributed by atoms with Crippen molar-refractivity contribution in [3.63, 3.8) is 0 Å². The van der Waals surface area contributed by atoms with E-state index in [-0.39, 0.29) is 0 Å². The predicted molar refractivity (Wildman–Crippen MR) is 73.5 cm³/mol. The molecule has 0 spiro atoms. The molecule has 1 aromatic carbocycles. The van der Waals surface area contributed by atoms with Crippen LogP contribution in [-0.2, 0) is 0 Å². The summed E-state index contributed by atoms with van der Waals surface area (Å²) in [4.78, 5) is 0. The lowest BCUT2D eigenvalue weighted by molar-refractivity contribution is 0.435. The molecule has 0 atom stereocenters. The molecule has 2 heterocycles. The van der Waals surface area contributed by atoms with Crippen molar-refractivity contribution in [2.24, 2.45) is 0 Å². The van der Waals surface area contributed by atoms with E-state index in [0.717, 1.165) is 22.3 Å². The van der Waals surface area contributed by atoms with Crippen LogP contribution >= 0.6 is 0 Å². The lowest BCUT2D eigenvalue weighted by Gasteiger charge is -2.05. The number of nitrogens with two attached hydrogens (primary N) is 1. The van der Waals surface area contributed by atoms with E-state index >= 15 is 0 Å². The van der Waals surface area contributed by atoms with Gasteiger partial charge in [0.05, 0.1) is 11.8 Å². The lowest BCUT2D eigenvalue weighted by Crippen LogP contribution is -1.90. The van der Waals surface area contributed by atoms with Crippen molar-refractivity contribution in [1.29, 1.82) is 0 Å². The maximum Gasteiger partial charge on any atom is 0.230 e. The molecule has 4 nitrogen and oxygen atoms in total. The predicted octanol–water partition coefficient (Wildman–Crippen LogP) is 3.80. The molecular weight excluding hydrogens is 240 g/mol. The molecule has 0 aliphatic rings. The summed E-state index contributed by atoms with van der Waals surface area (Å²) >= 11 is 0. The van der Waals surface area contributed by atoms with Crippen LogP contribution in [0.4, 0.5) is 5.88 Å². The van der Waals surface area contributed by atoms with Gasteiger partial charge in [-0.25, -0.2) is 0 Å². The highest BCUT2D eigenvalue weighted by Gasteiger charge is 2.21. The number of anilines is 1. The Morgan fingerprint density at radius 1 is 1.05 bits per heavy atom. The molecule has 19 heavy (non-hydrogen) atoms. The molecule has 0 aliphatic heterocycles. The number of hydrogen-bond acceptors (Lipinski definition) is 4. The van der Waals surface area contributed by atoms with Gasteiger partial charge in [-0.15, -0.1) is 0 Å². The summed E-state index contributed by atoms with van der Waals surface area (Å²) in [6.07, 6.45) is 1.64. The Labute approximate surface area is 110 Å². The first-order chi connectivity index (χ1) is 9.18. The minimum atomic E-state index is 0.306. The van der Waals surface area contributed by atoms with Crippen LogP contribution in [0.1, 0.15) is 11.1 Å². The summed E-state index contributed by atoms with van der Waals surface area (Å²) in [5.74, 6) is 0.999. The molecule has 0 unspecified atom stereocenters. The standard InChI is InChI=1S/C15H14N2O2/c1-9-5-3-4-6-11(9)12-13(17-19-15(12)16)14-10(2)7-8-18-14/h3-8H,16H2,1-2H3. The zero-order valence-electron chi connectivity index (χ0n) is 10.8. The monoisotopic (exact) mass is 254 g/mol. The third-order valence-corrected chi connectivity index (χ3v) is 3.21. The number of aromatic nitrogens is 1. The normalized spacial score (nSPS) is 10.8. The molecule has 0 saturated heterocycles. The molecule has 96 valence electrons. The van der Waals surface area contributed by atoms with Gasteiger partial charge in [0.2, 0.25) is 5.88 Å². The van der Waals surface area contributed by atoms with Crippen molar-refractivity contribution in [2.45, 2.75) is 13.8 Å². The van der Waals surface area contributed by atoms with Crippen molar-refractivity contribution < 1.29 is 8.94 Å². The summed E-state index contributed by atoms with van der Waals surface area (Å²) in [6, 6.07) is 9.87. The number of rotatable bonds is 2. The van der Waals surface area contributed by atoms with Crippen molar-refractivity contribution >= 4 is 5.88 Å². The summed E-state index contributed by atoms with van der Waals surface area (Å²) in [6.45, 7) is 3.99. The van der Waals surface area contributed by atoms with Crippen molar-refractivity contribution in [1.82, 2.24) is 5.16 Å². The van der Waals surface area contributed by atoms with Gasteiger partial charge in [0.15, 0.2) is 11.5 Å². The molecule has 0 aliphatic carbocycles. The van der Waals surface area contributed by atoms with Crippen LogP contribution < -0.4 is 5.73 Å². The first kappa shape index (κ1) is 11.6. The Balaban J connectivity index is 2.26. The largest absolute Gasteiger partial charge is 0.462 e. The maximum atomic E-state index is 5.93. The molecule has 0 amide bonds. The van der Waals surface area contributed by atoms with E-state index in [2.05, 4.69) is 5.16 Å². The van der Waals surface area contributed by atoms with Gasteiger partial charge < -0.3 is 14.7 Å². The molecule has 0 bridgehead atoms. The fourth-order valence-electron chi connectivity index (χ4n) is 2.19. The molecule has 0 radical (unpaired) electrons. The highest BCUT2D eigenvalue weighted by atomic mass is 16.5. The third kappa shape index (κ3) is 1.81. The van der Waals surface area contributed by atoms with Crippen LogP contribution in [0, 0.1) is 13.8 Å². The van der Waals surface area contributed by atoms with Gasteiger partial charge in [0, 0.05) is 0 Å². The number of furan rings is 1. The van der Waals surface area contributed by atoms with Gasteiger partial charge in [-0.1, -0.05) is 29.4 Å². The van der Waals surface area contributed by atoms with Crippen LogP contribution in [0.5, 0.6) is 0 Å². The van der Waals surface area contributed by atoms with E-state index in [0.29, 0.717) is 17.3 Å². The fraction of sp³-hybridized carbons (Fsp3) is 0.133. The summed E-state index contributed by atoms with van der Waals surface area (Å²) in [7, 11) is 0. The van der Waals surface area contributed by atoms with E-state index in [1.807, 2.05) is 44.2 Å². The molecule has 3 rings (SSSR count). The number of nitrogens with zero attached hydrogens (tertiary/aromatic N) is 1. The van der Waals surface area contributed by atoms with E-state index in [4.69, 9.17) is 14.7 Å². The third-order valence-electron chi connectivity index (χ3n) is 3.21. The second kappa shape index (κ2) is 4.31. The second-order valence-electron chi connectivity index (χ2n) is 4.52. The number of hydrogen-bond donors (Lipinski definition) is 1. The summed E-state index contributed by atoms with van der Waals surface area (Å²) in [5, 5.41) is 4.04.